The van der Waals surface area contributed by atoms with Crippen LogP contribution in [0.5, 0.6) is 0 Å². The maximum atomic E-state index is 13.2. The fourth-order valence-electron chi connectivity index (χ4n) is 4.48. The number of hydrogen-bond donors (Lipinski definition) is 0. The van der Waals surface area contributed by atoms with E-state index in [4.69, 9.17) is 14.5 Å². The lowest BCUT2D eigenvalue weighted by molar-refractivity contribution is -0.171. The van der Waals surface area contributed by atoms with Crippen molar-refractivity contribution >= 4 is 27.6 Å². The highest BCUT2D eigenvalue weighted by molar-refractivity contribution is 9.10. The van der Waals surface area contributed by atoms with Crippen LogP contribution in [0.1, 0.15) is 82.0 Å². The molecule has 0 saturated carbocycles. The van der Waals surface area contributed by atoms with Gasteiger partial charge in [0.15, 0.2) is 6.10 Å². The Kier molecular flexibility index (Phi) is 8.22. The Hall–Kier alpha value is -1.92. The van der Waals surface area contributed by atoms with Gasteiger partial charge in [-0.15, -0.1) is 0 Å². The number of carbonyl (C=O) groups excluding carboxylic acids is 1. The SMILES string of the molecule is Cc1nc(C)c(C(OC(C)(C)C)C(=O)OC(C)C)c(N2CCC(c3ccccc3)CC2)c1Br. The van der Waals surface area contributed by atoms with Gasteiger partial charge in [0.1, 0.15) is 0 Å². The molecule has 1 saturated heterocycles. The third-order valence-electron chi connectivity index (χ3n) is 5.89. The second-order valence-corrected chi connectivity index (χ2v) is 10.9. The first kappa shape index (κ1) is 25.7. The van der Waals surface area contributed by atoms with Crippen molar-refractivity contribution in [2.75, 3.05) is 18.0 Å². The summed E-state index contributed by atoms with van der Waals surface area (Å²) in [7, 11) is 0. The van der Waals surface area contributed by atoms with E-state index in [0.29, 0.717) is 5.92 Å². The quantitative estimate of drug-likeness (QED) is 0.402. The minimum absolute atomic E-state index is 0.226. The summed E-state index contributed by atoms with van der Waals surface area (Å²) in [6.07, 6.45) is 1.03. The summed E-state index contributed by atoms with van der Waals surface area (Å²) in [5.74, 6) is 0.169. The molecule has 0 bridgehead atoms. The Morgan fingerprint density at radius 3 is 2.24 bits per heavy atom. The van der Waals surface area contributed by atoms with Crippen LogP contribution < -0.4 is 4.90 Å². The lowest BCUT2D eigenvalue weighted by Gasteiger charge is -2.38. The number of aryl methyl sites for hydroxylation is 2. The standard InChI is InChI=1S/C27H37BrN2O3/c1-17(2)32-26(31)25(33-27(5,6)7)22-18(3)29-19(4)23(28)24(22)30-15-13-21(14-16-30)20-11-9-8-10-12-20/h8-12,17,21,25H,13-16H2,1-7H3. The zero-order chi connectivity index (χ0) is 24.3. The molecule has 0 amide bonds. The van der Waals surface area contributed by atoms with E-state index in [9.17, 15) is 4.79 Å². The van der Waals surface area contributed by atoms with Crippen LogP contribution >= 0.6 is 15.9 Å². The van der Waals surface area contributed by atoms with E-state index in [1.165, 1.54) is 5.56 Å². The molecule has 33 heavy (non-hydrogen) atoms. The molecule has 1 aliphatic rings. The van der Waals surface area contributed by atoms with Gasteiger partial charge in [0.25, 0.3) is 0 Å². The molecule has 1 aromatic heterocycles. The van der Waals surface area contributed by atoms with Gasteiger partial charge in [-0.2, -0.15) is 0 Å². The number of carbonyl (C=O) groups is 1. The minimum Gasteiger partial charge on any atom is -0.461 e. The normalized spacial score (nSPS) is 16.2. The van der Waals surface area contributed by atoms with Crippen LogP contribution in [0.15, 0.2) is 34.8 Å². The number of rotatable bonds is 6. The van der Waals surface area contributed by atoms with E-state index in [1.807, 2.05) is 48.5 Å². The molecule has 0 spiro atoms. The van der Waals surface area contributed by atoms with E-state index in [2.05, 4.69) is 51.2 Å². The average Bonchev–Trinajstić information content (AvgIpc) is 2.74. The zero-order valence-corrected chi connectivity index (χ0v) is 22.5. The predicted molar refractivity (Wildman–Crippen MR) is 137 cm³/mol. The molecule has 1 aromatic carbocycles. The van der Waals surface area contributed by atoms with Crippen molar-refractivity contribution in [2.45, 2.75) is 85.0 Å². The largest absolute Gasteiger partial charge is 0.461 e. The van der Waals surface area contributed by atoms with Crippen LogP contribution in [-0.2, 0) is 14.3 Å². The number of aromatic nitrogens is 1. The second kappa shape index (κ2) is 10.6. The van der Waals surface area contributed by atoms with E-state index in [0.717, 1.165) is 53.0 Å². The molecule has 1 fully saturated rings. The summed E-state index contributed by atoms with van der Waals surface area (Å²) in [4.78, 5) is 20.4. The Bertz CT molecular complexity index is 962. The molecule has 0 N–H and O–H groups in total. The van der Waals surface area contributed by atoms with Crippen molar-refractivity contribution in [3.05, 3.63) is 57.3 Å². The van der Waals surface area contributed by atoms with Gasteiger partial charge in [-0.1, -0.05) is 30.3 Å². The van der Waals surface area contributed by atoms with Gasteiger partial charge in [-0.3, -0.25) is 4.98 Å². The zero-order valence-electron chi connectivity index (χ0n) is 20.9. The summed E-state index contributed by atoms with van der Waals surface area (Å²) in [5, 5.41) is 0. The van der Waals surface area contributed by atoms with Crippen molar-refractivity contribution in [3.63, 3.8) is 0 Å². The number of ether oxygens (including phenoxy) is 2. The molecule has 0 radical (unpaired) electrons. The van der Waals surface area contributed by atoms with Gasteiger partial charge in [0.2, 0.25) is 0 Å². The molecule has 5 nitrogen and oxygen atoms in total. The summed E-state index contributed by atoms with van der Waals surface area (Å²) in [6, 6.07) is 10.7. The van der Waals surface area contributed by atoms with Crippen LogP contribution in [0.25, 0.3) is 0 Å². The van der Waals surface area contributed by atoms with E-state index < -0.39 is 11.7 Å². The van der Waals surface area contributed by atoms with Crippen LogP contribution in [0.4, 0.5) is 5.69 Å². The maximum absolute atomic E-state index is 13.2. The molecule has 1 atom stereocenters. The van der Waals surface area contributed by atoms with E-state index in [-0.39, 0.29) is 12.1 Å². The number of esters is 1. The number of halogens is 1. The van der Waals surface area contributed by atoms with E-state index in [1.54, 1.807) is 0 Å². The highest BCUT2D eigenvalue weighted by Gasteiger charge is 2.36. The topological polar surface area (TPSA) is 51.7 Å². The van der Waals surface area contributed by atoms with Gasteiger partial charge in [-0.25, -0.2) is 4.79 Å². The first-order chi connectivity index (χ1) is 15.5. The lowest BCUT2D eigenvalue weighted by atomic mass is 9.89. The number of benzene rings is 1. The first-order valence-electron chi connectivity index (χ1n) is 11.8. The number of hydrogen-bond acceptors (Lipinski definition) is 5. The van der Waals surface area contributed by atoms with Crippen molar-refractivity contribution < 1.29 is 14.3 Å². The third kappa shape index (κ3) is 6.36. The first-order valence-corrected chi connectivity index (χ1v) is 12.6. The van der Waals surface area contributed by atoms with Gasteiger partial charge < -0.3 is 14.4 Å². The number of pyridine rings is 1. The van der Waals surface area contributed by atoms with Crippen LogP contribution in [0, 0.1) is 13.8 Å². The highest BCUT2D eigenvalue weighted by Crippen LogP contribution is 2.42. The molecule has 1 aliphatic heterocycles. The van der Waals surface area contributed by atoms with Gasteiger partial charge in [0.05, 0.1) is 27.6 Å². The summed E-state index contributed by atoms with van der Waals surface area (Å²) >= 11 is 3.80. The van der Waals surface area contributed by atoms with Crippen LogP contribution in [0.3, 0.4) is 0 Å². The Morgan fingerprint density at radius 2 is 1.70 bits per heavy atom. The molecule has 180 valence electrons. The maximum Gasteiger partial charge on any atom is 0.340 e. The smallest absolute Gasteiger partial charge is 0.340 e. The van der Waals surface area contributed by atoms with Crippen molar-refractivity contribution in [3.8, 4) is 0 Å². The number of nitrogens with zero attached hydrogens (tertiary/aromatic N) is 2. The molecule has 2 heterocycles. The molecule has 1 unspecified atom stereocenters. The van der Waals surface area contributed by atoms with Crippen molar-refractivity contribution in [2.24, 2.45) is 0 Å². The van der Waals surface area contributed by atoms with Gasteiger partial charge in [-0.05, 0) is 88.7 Å². The molecule has 6 heteroatoms. The minimum atomic E-state index is -0.848. The second-order valence-electron chi connectivity index (χ2n) is 10.1. The third-order valence-corrected chi connectivity index (χ3v) is 6.84. The van der Waals surface area contributed by atoms with Gasteiger partial charge in [0, 0.05) is 24.3 Å². The van der Waals surface area contributed by atoms with Crippen LogP contribution in [-0.4, -0.2) is 35.7 Å². The summed E-state index contributed by atoms with van der Waals surface area (Å²) in [5.41, 5.74) is 4.37. The Morgan fingerprint density at radius 1 is 1.09 bits per heavy atom. The Labute approximate surface area is 207 Å². The molecule has 2 aromatic rings. The Balaban J connectivity index is 2.00. The number of anilines is 1. The lowest BCUT2D eigenvalue weighted by Crippen LogP contribution is -2.36. The van der Waals surface area contributed by atoms with Crippen molar-refractivity contribution in [1.82, 2.24) is 4.98 Å². The fourth-order valence-corrected chi connectivity index (χ4v) is 5.03. The van der Waals surface area contributed by atoms with E-state index >= 15 is 0 Å². The molecule has 3 rings (SSSR count). The van der Waals surface area contributed by atoms with Crippen LogP contribution in [0.2, 0.25) is 0 Å². The molecular weight excluding hydrogens is 480 g/mol. The number of piperidine rings is 1. The van der Waals surface area contributed by atoms with Gasteiger partial charge >= 0.3 is 5.97 Å². The summed E-state index contributed by atoms with van der Waals surface area (Å²) in [6.45, 7) is 15.3. The monoisotopic (exact) mass is 516 g/mol. The average molecular weight is 518 g/mol. The molecule has 0 aliphatic carbocycles. The predicted octanol–water partition coefficient (Wildman–Crippen LogP) is 6.65. The van der Waals surface area contributed by atoms with Crippen molar-refractivity contribution in [1.29, 1.82) is 0 Å². The highest BCUT2D eigenvalue weighted by atomic mass is 79.9. The fraction of sp³-hybridized carbons (Fsp3) is 0.556. The summed E-state index contributed by atoms with van der Waals surface area (Å²) < 4.78 is 12.9. The molecular formula is C27H37BrN2O3.